The third-order valence-electron chi connectivity index (χ3n) is 3.23. The number of halogens is 2. The number of hydrogen-bond donors (Lipinski definition) is 0. The number of benzene rings is 2. The molecule has 94 valence electrons. The predicted molar refractivity (Wildman–Crippen MR) is 80.5 cm³/mol. The Morgan fingerprint density at radius 3 is 2.33 bits per heavy atom. The second-order valence-electron chi connectivity index (χ2n) is 4.53. The highest BCUT2D eigenvalue weighted by atomic mass is 35.5. The third kappa shape index (κ3) is 2.55. The summed E-state index contributed by atoms with van der Waals surface area (Å²) < 4.78 is 0. The Hall–Kier alpha value is -0.980. The van der Waals surface area contributed by atoms with E-state index < -0.39 is 0 Å². The van der Waals surface area contributed by atoms with Gasteiger partial charge in [0.2, 0.25) is 0 Å². The minimum absolute atomic E-state index is 0.492. The fraction of sp³-hybridized carbons (Fsp3) is 0.250. The Kier molecular flexibility index (Phi) is 4.31. The third-order valence-corrected chi connectivity index (χ3v) is 3.79. The first-order valence-corrected chi connectivity index (χ1v) is 7.04. The average Bonchev–Trinajstić information content (AvgIpc) is 2.40. The SMILES string of the molecule is Cc1ccc(C)c(-c2cccc(CCl)c2CCl)c1. The first kappa shape index (κ1) is 13.5. The van der Waals surface area contributed by atoms with Crippen LogP contribution in [0.25, 0.3) is 11.1 Å². The van der Waals surface area contributed by atoms with Crippen molar-refractivity contribution >= 4 is 23.2 Å². The van der Waals surface area contributed by atoms with Gasteiger partial charge >= 0.3 is 0 Å². The van der Waals surface area contributed by atoms with Crippen LogP contribution in [0.3, 0.4) is 0 Å². The zero-order valence-electron chi connectivity index (χ0n) is 10.6. The van der Waals surface area contributed by atoms with Gasteiger partial charge in [0.1, 0.15) is 0 Å². The van der Waals surface area contributed by atoms with Crippen LogP contribution >= 0.6 is 23.2 Å². The highest BCUT2D eigenvalue weighted by molar-refractivity contribution is 6.19. The van der Waals surface area contributed by atoms with Crippen molar-refractivity contribution in [2.75, 3.05) is 0 Å². The van der Waals surface area contributed by atoms with Gasteiger partial charge in [-0.1, -0.05) is 42.0 Å². The number of hydrogen-bond acceptors (Lipinski definition) is 0. The number of rotatable bonds is 3. The minimum atomic E-state index is 0.492. The molecule has 0 N–H and O–H groups in total. The van der Waals surface area contributed by atoms with Crippen LogP contribution in [-0.4, -0.2) is 0 Å². The average molecular weight is 279 g/mol. The van der Waals surface area contributed by atoms with Crippen molar-refractivity contribution < 1.29 is 0 Å². The van der Waals surface area contributed by atoms with Crippen molar-refractivity contribution in [2.45, 2.75) is 25.6 Å². The minimum Gasteiger partial charge on any atom is -0.122 e. The molecule has 0 aliphatic rings. The van der Waals surface area contributed by atoms with E-state index in [1.807, 2.05) is 12.1 Å². The van der Waals surface area contributed by atoms with Crippen LogP contribution in [0.5, 0.6) is 0 Å². The van der Waals surface area contributed by atoms with E-state index in [9.17, 15) is 0 Å². The summed E-state index contributed by atoms with van der Waals surface area (Å²) in [4.78, 5) is 0. The molecule has 2 aromatic rings. The van der Waals surface area contributed by atoms with Crippen LogP contribution in [0.15, 0.2) is 36.4 Å². The summed E-state index contributed by atoms with van der Waals surface area (Å²) in [6.07, 6.45) is 0. The molecular weight excluding hydrogens is 263 g/mol. The van der Waals surface area contributed by atoms with E-state index in [2.05, 4.69) is 38.1 Å². The Morgan fingerprint density at radius 2 is 1.67 bits per heavy atom. The molecule has 0 fully saturated rings. The normalized spacial score (nSPS) is 10.7. The maximum Gasteiger partial charge on any atom is 0.0483 e. The van der Waals surface area contributed by atoms with Gasteiger partial charge in [0.05, 0.1) is 0 Å². The first-order chi connectivity index (χ1) is 8.67. The lowest BCUT2D eigenvalue weighted by molar-refractivity contribution is 1.26. The molecule has 0 aliphatic heterocycles. The molecule has 0 saturated carbocycles. The molecule has 0 saturated heterocycles. The van der Waals surface area contributed by atoms with Gasteiger partial charge in [0.25, 0.3) is 0 Å². The van der Waals surface area contributed by atoms with E-state index in [4.69, 9.17) is 23.2 Å². The summed E-state index contributed by atoms with van der Waals surface area (Å²) in [6.45, 7) is 4.23. The van der Waals surface area contributed by atoms with Crippen molar-refractivity contribution in [1.82, 2.24) is 0 Å². The van der Waals surface area contributed by atoms with Gasteiger partial charge in [0.15, 0.2) is 0 Å². The molecule has 0 amide bonds. The van der Waals surface area contributed by atoms with Gasteiger partial charge in [-0.3, -0.25) is 0 Å². The van der Waals surface area contributed by atoms with Crippen molar-refractivity contribution in [3.8, 4) is 11.1 Å². The summed E-state index contributed by atoms with van der Waals surface area (Å²) in [7, 11) is 0. The Balaban J connectivity index is 2.66. The van der Waals surface area contributed by atoms with E-state index in [1.165, 1.54) is 22.3 Å². The summed E-state index contributed by atoms with van der Waals surface area (Å²) in [6, 6.07) is 12.7. The molecule has 2 aromatic carbocycles. The first-order valence-electron chi connectivity index (χ1n) is 5.97. The lowest BCUT2D eigenvalue weighted by Gasteiger charge is -2.14. The van der Waals surface area contributed by atoms with Crippen LogP contribution in [0, 0.1) is 13.8 Å². The van der Waals surface area contributed by atoms with Crippen LogP contribution < -0.4 is 0 Å². The Labute approximate surface area is 119 Å². The van der Waals surface area contributed by atoms with Crippen molar-refractivity contribution in [1.29, 1.82) is 0 Å². The summed E-state index contributed by atoms with van der Waals surface area (Å²) >= 11 is 12.1. The molecule has 0 bridgehead atoms. The van der Waals surface area contributed by atoms with Gasteiger partial charge < -0.3 is 0 Å². The van der Waals surface area contributed by atoms with Crippen LogP contribution in [0.4, 0.5) is 0 Å². The van der Waals surface area contributed by atoms with Gasteiger partial charge in [-0.05, 0) is 41.7 Å². The predicted octanol–water partition coefficient (Wildman–Crippen LogP) is 5.45. The lowest BCUT2D eigenvalue weighted by Crippen LogP contribution is -1.95. The molecule has 0 unspecified atom stereocenters. The molecule has 2 rings (SSSR count). The Bertz CT molecular complexity index is 559. The van der Waals surface area contributed by atoms with Crippen molar-refractivity contribution in [3.05, 3.63) is 58.7 Å². The quantitative estimate of drug-likeness (QED) is 0.655. The molecule has 0 aromatic heterocycles. The zero-order chi connectivity index (χ0) is 13.1. The van der Waals surface area contributed by atoms with E-state index in [1.54, 1.807) is 0 Å². The molecule has 0 atom stereocenters. The van der Waals surface area contributed by atoms with Crippen LogP contribution in [-0.2, 0) is 11.8 Å². The summed E-state index contributed by atoms with van der Waals surface area (Å²) in [5, 5.41) is 0. The topological polar surface area (TPSA) is 0 Å². The summed E-state index contributed by atoms with van der Waals surface area (Å²) in [5.74, 6) is 0.992. The molecular formula is C16H16Cl2. The highest BCUT2D eigenvalue weighted by Gasteiger charge is 2.10. The number of alkyl halides is 2. The molecule has 0 heterocycles. The largest absolute Gasteiger partial charge is 0.122 e. The number of aryl methyl sites for hydroxylation is 2. The smallest absolute Gasteiger partial charge is 0.0483 e. The van der Waals surface area contributed by atoms with E-state index in [0.29, 0.717) is 11.8 Å². The fourth-order valence-corrected chi connectivity index (χ4v) is 2.76. The van der Waals surface area contributed by atoms with Gasteiger partial charge in [-0.15, -0.1) is 23.2 Å². The molecule has 0 aliphatic carbocycles. The monoisotopic (exact) mass is 278 g/mol. The fourth-order valence-electron chi connectivity index (χ4n) is 2.20. The lowest BCUT2D eigenvalue weighted by atomic mass is 9.93. The maximum atomic E-state index is 6.10. The van der Waals surface area contributed by atoms with Gasteiger partial charge in [-0.2, -0.15) is 0 Å². The maximum absolute atomic E-state index is 6.10. The van der Waals surface area contributed by atoms with E-state index in [-0.39, 0.29) is 0 Å². The van der Waals surface area contributed by atoms with Gasteiger partial charge in [-0.25, -0.2) is 0 Å². The van der Waals surface area contributed by atoms with Crippen molar-refractivity contribution in [2.24, 2.45) is 0 Å². The molecule has 0 spiro atoms. The molecule has 18 heavy (non-hydrogen) atoms. The van der Waals surface area contributed by atoms with Crippen LogP contribution in [0.2, 0.25) is 0 Å². The highest BCUT2D eigenvalue weighted by Crippen LogP contribution is 2.31. The molecule has 0 radical (unpaired) electrons. The molecule has 0 nitrogen and oxygen atoms in total. The van der Waals surface area contributed by atoms with Gasteiger partial charge in [0, 0.05) is 11.8 Å². The summed E-state index contributed by atoms with van der Waals surface area (Å²) in [5.41, 5.74) is 7.22. The second-order valence-corrected chi connectivity index (χ2v) is 5.06. The van der Waals surface area contributed by atoms with Crippen molar-refractivity contribution in [3.63, 3.8) is 0 Å². The Morgan fingerprint density at radius 1 is 0.889 bits per heavy atom. The zero-order valence-corrected chi connectivity index (χ0v) is 12.1. The molecule has 2 heteroatoms. The second kappa shape index (κ2) is 5.77. The van der Waals surface area contributed by atoms with E-state index >= 15 is 0 Å². The van der Waals surface area contributed by atoms with Crippen LogP contribution in [0.1, 0.15) is 22.3 Å². The van der Waals surface area contributed by atoms with E-state index in [0.717, 1.165) is 11.1 Å². The standard InChI is InChI=1S/C16H16Cl2/c1-11-6-7-12(2)15(8-11)14-5-3-4-13(9-17)16(14)10-18/h3-8H,9-10H2,1-2H3.